The van der Waals surface area contributed by atoms with Gasteiger partial charge in [-0.05, 0) is 55.3 Å². The summed E-state index contributed by atoms with van der Waals surface area (Å²) in [4.78, 5) is 31.7. The molecule has 2 saturated heterocycles. The van der Waals surface area contributed by atoms with E-state index in [0.717, 1.165) is 24.2 Å². The fourth-order valence-corrected chi connectivity index (χ4v) is 5.15. The smallest absolute Gasteiger partial charge is 0.257 e. The number of methoxy groups -OCH3 is 2. The van der Waals surface area contributed by atoms with Crippen LogP contribution in [-0.2, 0) is 9.53 Å². The zero-order valence-corrected chi connectivity index (χ0v) is 23.3. The molecule has 2 fully saturated rings. The van der Waals surface area contributed by atoms with E-state index in [1.807, 2.05) is 30.3 Å². The van der Waals surface area contributed by atoms with Crippen molar-refractivity contribution >= 4 is 17.6 Å². The molecule has 0 aliphatic carbocycles. The number of anilines is 1. The maximum absolute atomic E-state index is 14.4. The highest BCUT2D eigenvalue weighted by atomic mass is 19.1. The van der Waals surface area contributed by atoms with Crippen molar-refractivity contribution < 1.29 is 28.2 Å². The molecule has 1 aromatic heterocycles. The van der Waals surface area contributed by atoms with Gasteiger partial charge in [0, 0.05) is 44.9 Å². The maximum Gasteiger partial charge on any atom is 0.257 e. The lowest BCUT2D eigenvalue weighted by Crippen LogP contribution is -2.52. The molecule has 41 heavy (non-hydrogen) atoms. The molecule has 2 amide bonds. The highest BCUT2D eigenvalue weighted by Gasteiger charge is 2.29. The Morgan fingerprint density at radius 2 is 1.78 bits per heavy atom. The van der Waals surface area contributed by atoms with Crippen molar-refractivity contribution in [2.24, 2.45) is 0 Å². The van der Waals surface area contributed by atoms with Crippen molar-refractivity contribution in [2.45, 2.75) is 18.9 Å². The third-order valence-electron chi connectivity index (χ3n) is 7.45. The van der Waals surface area contributed by atoms with Crippen LogP contribution in [0.3, 0.4) is 0 Å². The fourth-order valence-electron chi connectivity index (χ4n) is 5.15. The predicted octanol–water partition coefficient (Wildman–Crippen LogP) is 3.27. The van der Waals surface area contributed by atoms with Crippen molar-refractivity contribution in [2.75, 3.05) is 65.0 Å². The van der Waals surface area contributed by atoms with Gasteiger partial charge in [-0.15, -0.1) is 10.2 Å². The van der Waals surface area contributed by atoms with Gasteiger partial charge in [0.15, 0.2) is 17.3 Å². The van der Waals surface area contributed by atoms with E-state index in [1.54, 1.807) is 25.2 Å². The van der Waals surface area contributed by atoms with Gasteiger partial charge < -0.3 is 28.9 Å². The van der Waals surface area contributed by atoms with Crippen molar-refractivity contribution in [1.82, 2.24) is 20.0 Å². The second-order valence-corrected chi connectivity index (χ2v) is 10.0. The Kier molecular flexibility index (Phi) is 8.93. The molecule has 216 valence electrons. The van der Waals surface area contributed by atoms with Crippen LogP contribution in [0, 0.1) is 5.82 Å². The van der Waals surface area contributed by atoms with Gasteiger partial charge in [-0.25, -0.2) is 4.39 Å². The fraction of sp³-hybridized carbons (Fsp3) is 0.400. The molecule has 1 unspecified atom stereocenters. The van der Waals surface area contributed by atoms with Crippen LogP contribution in [0.15, 0.2) is 54.6 Å². The van der Waals surface area contributed by atoms with Gasteiger partial charge in [0.2, 0.25) is 5.91 Å². The molecular weight excluding hydrogens is 529 g/mol. The van der Waals surface area contributed by atoms with E-state index in [-0.39, 0.29) is 30.7 Å². The zero-order valence-electron chi connectivity index (χ0n) is 23.3. The lowest BCUT2D eigenvalue weighted by atomic mass is 10.1. The highest BCUT2D eigenvalue weighted by Crippen LogP contribution is 2.31. The van der Waals surface area contributed by atoms with Gasteiger partial charge >= 0.3 is 0 Å². The summed E-state index contributed by atoms with van der Waals surface area (Å²) in [6.45, 7) is 2.83. The summed E-state index contributed by atoms with van der Waals surface area (Å²) in [5.41, 5.74) is 1.52. The van der Waals surface area contributed by atoms with E-state index < -0.39 is 11.7 Å². The number of piperazine rings is 1. The van der Waals surface area contributed by atoms with Gasteiger partial charge in [-0.3, -0.25) is 9.59 Å². The normalized spacial score (nSPS) is 16.9. The summed E-state index contributed by atoms with van der Waals surface area (Å²) in [5.74, 6) is 0.685. The quantitative estimate of drug-likeness (QED) is 0.392. The molecule has 0 N–H and O–H groups in total. The minimum atomic E-state index is -0.603. The molecule has 0 saturated carbocycles. The van der Waals surface area contributed by atoms with Gasteiger partial charge in [0.25, 0.3) is 5.91 Å². The molecule has 2 aliphatic rings. The van der Waals surface area contributed by atoms with Crippen molar-refractivity contribution in [1.29, 1.82) is 0 Å². The van der Waals surface area contributed by atoms with E-state index in [9.17, 15) is 14.0 Å². The topological polar surface area (TPSA) is 97.3 Å². The lowest BCUT2D eigenvalue weighted by molar-refractivity contribution is -0.132. The first-order valence-corrected chi connectivity index (χ1v) is 13.7. The van der Waals surface area contributed by atoms with Crippen LogP contribution in [0.25, 0.3) is 11.3 Å². The standard InChI is InChI=1S/C30H34FN5O5/c1-39-26-11-9-21(18-27(26)40-2)25-10-12-28(33-32-25)34-13-15-35(16-14-34)29(37)20-36(19-22-6-5-17-41-22)30(38)23-7-3-4-8-24(23)31/h3-4,7-12,18,22H,5-6,13-17,19-20H2,1-2H3. The van der Waals surface area contributed by atoms with Crippen LogP contribution in [0.2, 0.25) is 0 Å². The Morgan fingerprint density at radius 1 is 1.00 bits per heavy atom. The molecule has 1 atom stereocenters. The summed E-state index contributed by atoms with van der Waals surface area (Å²) < 4.78 is 30.8. The number of aromatic nitrogens is 2. The van der Waals surface area contributed by atoms with E-state index in [4.69, 9.17) is 14.2 Å². The first-order chi connectivity index (χ1) is 20.0. The third-order valence-corrected chi connectivity index (χ3v) is 7.45. The molecule has 2 aliphatic heterocycles. The van der Waals surface area contributed by atoms with Gasteiger partial charge in [-0.1, -0.05) is 12.1 Å². The average Bonchev–Trinajstić information content (AvgIpc) is 3.53. The van der Waals surface area contributed by atoms with Gasteiger partial charge in [0.1, 0.15) is 12.4 Å². The second kappa shape index (κ2) is 12.9. The number of ether oxygens (including phenoxy) is 3. The van der Waals surface area contributed by atoms with Crippen LogP contribution in [0.1, 0.15) is 23.2 Å². The molecule has 5 rings (SSSR count). The number of carbonyl (C=O) groups excluding carboxylic acids is 2. The minimum Gasteiger partial charge on any atom is -0.493 e. The average molecular weight is 564 g/mol. The molecular formula is C30H34FN5O5. The minimum absolute atomic E-state index is 0.0433. The molecule has 3 heterocycles. The number of rotatable bonds is 9. The van der Waals surface area contributed by atoms with E-state index in [2.05, 4.69) is 15.1 Å². The number of carbonyl (C=O) groups is 2. The number of nitrogens with zero attached hydrogens (tertiary/aromatic N) is 5. The van der Waals surface area contributed by atoms with Crippen molar-refractivity contribution in [3.63, 3.8) is 0 Å². The summed E-state index contributed by atoms with van der Waals surface area (Å²) >= 11 is 0. The molecule has 0 radical (unpaired) electrons. The van der Waals surface area contributed by atoms with E-state index in [0.29, 0.717) is 50.0 Å². The number of hydrogen-bond acceptors (Lipinski definition) is 8. The van der Waals surface area contributed by atoms with Crippen LogP contribution in [0.5, 0.6) is 11.5 Å². The summed E-state index contributed by atoms with van der Waals surface area (Å²) in [7, 11) is 3.18. The number of halogens is 1. The second-order valence-electron chi connectivity index (χ2n) is 10.0. The summed E-state index contributed by atoms with van der Waals surface area (Å²) in [6.07, 6.45) is 1.55. The monoisotopic (exact) mass is 563 g/mol. The molecule has 0 bridgehead atoms. The molecule has 10 nitrogen and oxygen atoms in total. The largest absolute Gasteiger partial charge is 0.493 e. The van der Waals surface area contributed by atoms with Crippen LogP contribution in [-0.4, -0.2) is 98.0 Å². The highest BCUT2D eigenvalue weighted by molar-refractivity contribution is 5.96. The Balaban J connectivity index is 1.20. The predicted molar refractivity (Wildman–Crippen MR) is 151 cm³/mol. The Bertz CT molecular complexity index is 1360. The first-order valence-electron chi connectivity index (χ1n) is 13.7. The first kappa shape index (κ1) is 28.3. The number of hydrogen-bond donors (Lipinski definition) is 0. The maximum atomic E-state index is 14.4. The molecule has 2 aromatic carbocycles. The number of amides is 2. The SMILES string of the molecule is COc1ccc(-c2ccc(N3CCN(C(=O)CN(CC4CCCO4)C(=O)c4ccccc4F)CC3)nn2)cc1OC. The van der Waals surface area contributed by atoms with Crippen LogP contribution in [0.4, 0.5) is 10.2 Å². The van der Waals surface area contributed by atoms with E-state index >= 15 is 0 Å². The summed E-state index contributed by atoms with van der Waals surface area (Å²) in [6, 6.07) is 15.2. The zero-order chi connectivity index (χ0) is 28.8. The van der Waals surface area contributed by atoms with E-state index in [1.165, 1.54) is 23.1 Å². The lowest BCUT2D eigenvalue weighted by Gasteiger charge is -2.36. The Hall–Kier alpha value is -4.25. The Morgan fingerprint density at radius 3 is 2.44 bits per heavy atom. The van der Waals surface area contributed by atoms with Crippen LogP contribution < -0.4 is 14.4 Å². The van der Waals surface area contributed by atoms with Crippen molar-refractivity contribution in [3.8, 4) is 22.8 Å². The molecule has 11 heteroatoms. The molecule has 0 spiro atoms. The Labute approximate surface area is 238 Å². The third kappa shape index (κ3) is 6.57. The van der Waals surface area contributed by atoms with Gasteiger partial charge in [0.05, 0.1) is 31.6 Å². The summed E-state index contributed by atoms with van der Waals surface area (Å²) in [5, 5.41) is 8.81. The number of benzene rings is 2. The molecule has 3 aromatic rings. The van der Waals surface area contributed by atoms with Gasteiger partial charge in [-0.2, -0.15) is 0 Å². The van der Waals surface area contributed by atoms with Crippen molar-refractivity contribution in [3.05, 3.63) is 66.0 Å². The van der Waals surface area contributed by atoms with Crippen LogP contribution >= 0.6 is 0 Å².